The molecule has 3 aromatic carbocycles. The van der Waals surface area contributed by atoms with Gasteiger partial charge in [0.2, 0.25) is 5.91 Å². The molecule has 0 aliphatic carbocycles. The standard InChI is InChI=1S/C35H32ClF8N5O2/c1-5-18-8-7-9-19(6-2)29(18)49-30(22-13-26(38)27(14-25(22)37)45-32(51)46-28(50)15-36)23-17-48(33(3,4)31(23)47-49)16-20-10-11-21(34(39,40)41)12-24(20)35(42,43)44/h7-14H,5-6,15-17H2,1-4H3,(H2,45,46,50,51). The van der Waals surface area contributed by atoms with E-state index < -0.39 is 76.3 Å². The van der Waals surface area contributed by atoms with E-state index in [1.807, 2.05) is 37.4 Å². The smallest absolute Gasteiger partial charge is 0.305 e. The normalized spacial score (nSPS) is 14.5. The first-order chi connectivity index (χ1) is 23.8. The number of rotatable bonds is 8. The van der Waals surface area contributed by atoms with Gasteiger partial charge in [-0.15, -0.1) is 11.6 Å². The fourth-order valence-corrected chi connectivity index (χ4v) is 6.37. The first-order valence-electron chi connectivity index (χ1n) is 15.7. The molecule has 4 aromatic rings. The van der Waals surface area contributed by atoms with Crippen molar-refractivity contribution < 1.29 is 44.7 Å². The van der Waals surface area contributed by atoms with Gasteiger partial charge in [-0.1, -0.05) is 38.1 Å². The summed E-state index contributed by atoms with van der Waals surface area (Å²) in [5.41, 5.74) is -2.25. The lowest BCUT2D eigenvalue weighted by Crippen LogP contribution is -2.36. The number of nitrogens with zero attached hydrogens (tertiary/aromatic N) is 3. The number of aromatic nitrogens is 2. The minimum absolute atomic E-state index is 0.0801. The molecule has 0 bridgehead atoms. The number of imide groups is 1. The fourth-order valence-electron chi connectivity index (χ4n) is 6.31. The number of alkyl halides is 7. The molecule has 2 N–H and O–H groups in total. The van der Waals surface area contributed by atoms with Crippen LogP contribution >= 0.6 is 11.6 Å². The van der Waals surface area contributed by atoms with Gasteiger partial charge >= 0.3 is 18.4 Å². The molecule has 0 fully saturated rings. The fraction of sp³-hybridized carbons (Fsp3) is 0.343. The number of carbonyl (C=O) groups excluding carboxylic acids is 2. The summed E-state index contributed by atoms with van der Waals surface area (Å²) in [5.74, 6) is -3.50. The molecule has 51 heavy (non-hydrogen) atoms. The number of amides is 3. The highest BCUT2D eigenvalue weighted by molar-refractivity contribution is 6.28. The summed E-state index contributed by atoms with van der Waals surface area (Å²) in [5, 5.41) is 8.81. The Morgan fingerprint density at radius 2 is 1.55 bits per heavy atom. The number of benzene rings is 3. The van der Waals surface area contributed by atoms with E-state index in [1.54, 1.807) is 18.7 Å². The molecule has 1 aliphatic rings. The predicted octanol–water partition coefficient (Wildman–Crippen LogP) is 9.12. The number of para-hydroxylation sites is 1. The van der Waals surface area contributed by atoms with Crippen molar-refractivity contribution in [3.63, 3.8) is 0 Å². The molecule has 1 aromatic heterocycles. The Labute approximate surface area is 292 Å². The van der Waals surface area contributed by atoms with E-state index in [0.29, 0.717) is 35.9 Å². The lowest BCUT2D eigenvalue weighted by Gasteiger charge is -2.33. The second kappa shape index (κ2) is 13.9. The monoisotopic (exact) mass is 741 g/mol. The molecule has 1 aliphatic heterocycles. The summed E-state index contributed by atoms with van der Waals surface area (Å²) >= 11 is 5.39. The number of fused-ring (bicyclic) bond motifs is 1. The summed E-state index contributed by atoms with van der Waals surface area (Å²) in [6.45, 7) is 6.59. The van der Waals surface area contributed by atoms with Crippen molar-refractivity contribution in [2.45, 2.75) is 71.5 Å². The van der Waals surface area contributed by atoms with Crippen LogP contribution in [0.1, 0.15) is 66.8 Å². The third-order valence-electron chi connectivity index (χ3n) is 8.92. The minimum Gasteiger partial charge on any atom is -0.305 e. The molecular weight excluding hydrogens is 710 g/mol. The van der Waals surface area contributed by atoms with Gasteiger partial charge in [0.1, 0.15) is 17.5 Å². The zero-order chi connectivity index (χ0) is 37.6. The highest BCUT2D eigenvalue weighted by Gasteiger charge is 2.45. The molecule has 0 radical (unpaired) electrons. The van der Waals surface area contributed by atoms with E-state index in [0.717, 1.165) is 29.3 Å². The first-order valence-corrected chi connectivity index (χ1v) is 16.3. The summed E-state index contributed by atoms with van der Waals surface area (Å²) < 4.78 is 116. The Kier molecular flexibility index (Phi) is 10.3. The van der Waals surface area contributed by atoms with Gasteiger partial charge in [-0.25, -0.2) is 18.3 Å². The van der Waals surface area contributed by atoms with E-state index >= 15 is 8.78 Å². The second-order valence-corrected chi connectivity index (χ2v) is 12.7. The van der Waals surface area contributed by atoms with Crippen LogP contribution in [0.4, 0.5) is 45.6 Å². The van der Waals surface area contributed by atoms with Crippen molar-refractivity contribution in [3.05, 3.63) is 99.2 Å². The maximum Gasteiger partial charge on any atom is 0.416 e. The molecule has 0 unspecified atom stereocenters. The molecule has 5 rings (SSSR count). The van der Waals surface area contributed by atoms with Gasteiger partial charge in [-0.05, 0) is 61.6 Å². The molecule has 16 heteroatoms. The molecule has 0 saturated heterocycles. The largest absolute Gasteiger partial charge is 0.416 e. The van der Waals surface area contributed by atoms with E-state index in [1.165, 1.54) is 4.68 Å². The zero-order valence-electron chi connectivity index (χ0n) is 27.7. The van der Waals surface area contributed by atoms with Crippen molar-refractivity contribution in [3.8, 4) is 16.9 Å². The van der Waals surface area contributed by atoms with Crippen molar-refractivity contribution in [1.82, 2.24) is 20.0 Å². The maximum absolute atomic E-state index is 16.2. The predicted molar refractivity (Wildman–Crippen MR) is 174 cm³/mol. The summed E-state index contributed by atoms with van der Waals surface area (Å²) in [6, 6.07) is 7.45. The van der Waals surface area contributed by atoms with E-state index in [-0.39, 0.29) is 23.9 Å². The molecule has 0 spiro atoms. The maximum atomic E-state index is 16.2. The average Bonchev–Trinajstić information content (AvgIpc) is 3.54. The highest BCUT2D eigenvalue weighted by atomic mass is 35.5. The van der Waals surface area contributed by atoms with Crippen molar-refractivity contribution in [2.75, 3.05) is 11.2 Å². The summed E-state index contributed by atoms with van der Waals surface area (Å²) in [6.07, 6.45) is -9.03. The Balaban J connectivity index is 1.67. The minimum atomic E-state index is -5.10. The number of urea groups is 1. The van der Waals surface area contributed by atoms with Gasteiger partial charge in [-0.2, -0.15) is 31.4 Å². The van der Waals surface area contributed by atoms with Crippen molar-refractivity contribution in [1.29, 1.82) is 0 Å². The average molecular weight is 742 g/mol. The molecule has 272 valence electrons. The van der Waals surface area contributed by atoms with Gasteiger partial charge in [0, 0.05) is 30.3 Å². The van der Waals surface area contributed by atoms with Crippen LogP contribution in [0, 0.1) is 11.6 Å². The van der Waals surface area contributed by atoms with Gasteiger partial charge in [-0.3, -0.25) is 15.0 Å². The number of nitrogens with one attached hydrogen (secondary N) is 2. The Morgan fingerprint density at radius 3 is 2.12 bits per heavy atom. The lowest BCUT2D eigenvalue weighted by molar-refractivity contribution is -0.143. The number of carbonyl (C=O) groups is 2. The quantitative estimate of drug-likeness (QED) is 0.140. The van der Waals surface area contributed by atoms with Crippen LogP contribution < -0.4 is 10.6 Å². The van der Waals surface area contributed by atoms with Crippen LogP contribution in [0.25, 0.3) is 16.9 Å². The zero-order valence-corrected chi connectivity index (χ0v) is 28.5. The number of anilines is 1. The number of halogens is 9. The van der Waals surface area contributed by atoms with Crippen molar-refractivity contribution in [2.24, 2.45) is 0 Å². The third kappa shape index (κ3) is 7.31. The van der Waals surface area contributed by atoms with E-state index in [2.05, 4.69) is 5.32 Å². The number of hydrogen-bond donors (Lipinski definition) is 2. The van der Waals surface area contributed by atoms with Gasteiger partial charge in [0.05, 0.1) is 39.4 Å². The Hall–Kier alpha value is -4.50. The molecule has 7 nitrogen and oxygen atoms in total. The molecule has 0 saturated carbocycles. The third-order valence-corrected chi connectivity index (χ3v) is 9.16. The Morgan fingerprint density at radius 1 is 0.902 bits per heavy atom. The van der Waals surface area contributed by atoms with Crippen LogP contribution in [0.5, 0.6) is 0 Å². The topological polar surface area (TPSA) is 79.3 Å². The summed E-state index contributed by atoms with van der Waals surface area (Å²) in [4.78, 5) is 25.2. The Bertz CT molecular complexity index is 1980. The van der Waals surface area contributed by atoms with Crippen LogP contribution in [-0.4, -0.2) is 32.5 Å². The second-order valence-electron chi connectivity index (χ2n) is 12.4. The van der Waals surface area contributed by atoms with Crippen LogP contribution in [-0.2, 0) is 48.6 Å². The summed E-state index contributed by atoms with van der Waals surface area (Å²) in [7, 11) is 0. The number of hydrogen-bond acceptors (Lipinski definition) is 4. The number of aryl methyl sites for hydroxylation is 2. The van der Waals surface area contributed by atoms with E-state index in [4.69, 9.17) is 16.7 Å². The van der Waals surface area contributed by atoms with Gasteiger partial charge < -0.3 is 5.32 Å². The van der Waals surface area contributed by atoms with Crippen molar-refractivity contribution >= 4 is 29.2 Å². The van der Waals surface area contributed by atoms with Crippen LogP contribution in [0.2, 0.25) is 0 Å². The molecule has 3 amide bonds. The van der Waals surface area contributed by atoms with E-state index in [9.17, 15) is 35.9 Å². The van der Waals surface area contributed by atoms with Gasteiger partial charge in [0.15, 0.2) is 0 Å². The van der Waals surface area contributed by atoms with Crippen LogP contribution in [0.15, 0.2) is 48.5 Å². The van der Waals surface area contributed by atoms with Gasteiger partial charge in [0.25, 0.3) is 0 Å². The molecular formula is C35H32ClF8N5O2. The molecule has 2 heterocycles. The first kappa shape index (κ1) is 37.7. The lowest BCUT2D eigenvalue weighted by atomic mass is 9.97. The molecule has 0 atom stereocenters. The van der Waals surface area contributed by atoms with Crippen LogP contribution in [0.3, 0.4) is 0 Å². The SMILES string of the molecule is CCc1cccc(CC)c1-n1nc2c(c1-c1cc(F)c(NC(=O)NC(=O)CCl)cc1F)CN(Cc1ccc(C(F)(F)F)cc1C(F)(F)F)C2(C)C. The highest BCUT2D eigenvalue weighted by Crippen LogP contribution is 2.47.